The number of aromatic nitrogens is 5. The lowest BCUT2D eigenvalue weighted by atomic mass is 10.0. The number of hydrogen-bond acceptors (Lipinski definition) is 3. The Morgan fingerprint density at radius 1 is 0.595 bits per heavy atom. The van der Waals surface area contributed by atoms with Crippen molar-refractivity contribution in [2.45, 2.75) is 6.92 Å². The minimum Gasteiger partial charge on any atom is -0.308 e. The van der Waals surface area contributed by atoms with Gasteiger partial charge < -0.3 is 4.40 Å². The fourth-order valence-electron chi connectivity index (χ4n) is 6.38. The number of aryl methyl sites for hydroxylation is 1. The van der Waals surface area contributed by atoms with E-state index in [1.165, 1.54) is 48.9 Å². The van der Waals surface area contributed by atoms with Crippen molar-refractivity contribution in [1.29, 1.82) is 0 Å². The van der Waals surface area contributed by atoms with Crippen molar-refractivity contribution >= 4 is 70.9 Å². The third kappa shape index (κ3) is 2.27. The third-order valence-corrected chi connectivity index (χ3v) is 7.82. The van der Waals surface area contributed by atoms with E-state index in [1.807, 2.05) is 19.1 Å². The number of pyridine rings is 1. The minimum atomic E-state index is 0.672. The monoisotopic (exact) mass is 473 g/mol. The summed E-state index contributed by atoms with van der Waals surface area (Å²) >= 11 is 0. The van der Waals surface area contributed by atoms with Crippen LogP contribution in [0.2, 0.25) is 0 Å². The van der Waals surface area contributed by atoms with Crippen molar-refractivity contribution in [2.24, 2.45) is 0 Å². The van der Waals surface area contributed by atoms with Gasteiger partial charge in [-0.3, -0.25) is 9.55 Å². The summed E-state index contributed by atoms with van der Waals surface area (Å²) in [5, 5.41) is 7.50. The van der Waals surface area contributed by atoms with Crippen LogP contribution in [0.25, 0.3) is 76.9 Å². The van der Waals surface area contributed by atoms with E-state index in [9.17, 15) is 0 Å². The zero-order valence-corrected chi connectivity index (χ0v) is 20.0. The third-order valence-electron chi connectivity index (χ3n) is 7.82. The first-order valence-electron chi connectivity index (χ1n) is 12.5. The van der Waals surface area contributed by atoms with Crippen LogP contribution in [0.15, 0.2) is 97.2 Å². The second-order valence-electron chi connectivity index (χ2n) is 9.74. The number of para-hydroxylation sites is 3. The molecule has 172 valence electrons. The van der Waals surface area contributed by atoms with Crippen molar-refractivity contribution < 1.29 is 0 Å². The van der Waals surface area contributed by atoms with Gasteiger partial charge in [0, 0.05) is 38.5 Å². The molecule has 0 spiro atoms. The molecule has 5 heterocycles. The first-order chi connectivity index (χ1) is 18.3. The predicted octanol–water partition coefficient (Wildman–Crippen LogP) is 7.58. The summed E-state index contributed by atoms with van der Waals surface area (Å²) in [6, 6.07) is 32.3. The SMILES string of the molecule is Cc1nc(-n2c3ccccc3c3c4c5ccccc5n5c6ccccc6c(cc32)c45)nc2cccnc12. The lowest BCUT2D eigenvalue weighted by molar-refractivity contribution is 0.984. The molecule has 5 aromatic heterocycles. The van der Waals surface area contributed by atoms with Crippen LogP contribution in [0.4, 0.5) is 0 Å². The average molecular weight is 474 g/mol. The van der Waals surface area contributed by atoms with Crippen LogP contribution in [-0.4, -0.2) is 23.9 Å². The maximum Gasteiger partial charge on any atom is 0.235 e. The Labute approximate surface area is 210 Å². The second kappa shape index (κ2) is 6.59. The molecule has 5 heteroatoms. The summed E-state index contributed by atoms with van der Waals surface area (Å²) < 4.78 is 4.66. The lowest BCUT2D eigenvalue weighted by Gasteiger charge is -2.09. The van der Waals surface area contributed by atoms with E-state index in [0.717, 1.165) is 27.8 Å². The first kappa shape index (κ1) is 19.2. The summed E-state index contributed by atoms with van der Waals surface area (Å²) in [7, 11) is 0. The van der Waals surface area contributed by atoms with Crippen LogP contribution in [0.5, 0.6) is 0 Å². The van der Waals surface area contributed by atoms with Crippen molar-refractivity contribution in [2.75, 3.05) is 0 Å². The molecule has 0 aliphatic carbocycles. The van der Waals surface area contributed by atoms with Gasteiger partial charge in [0.15, 0.2) is 0 Å². The van der Waals surface area contributed by atoms with Gasteiger partial charge in [-0.2, -0.15) is 0 Å². The molecule has 0 saturated heterocycles. The largest absolute Gasteiger partial charge is 0.308 e. The maximum absolute atomic E-state index is 5.01. The average Bonchev–Trinajstić information content (AvgIpc) is 3.57. The smallest absolute Gasteiger partial charge is 0.235 e. The van der Waals surface area contributed by atoms with Crippen molar-refractivity contribution in [3.8, 4) is 5.95 Å². The highest BCUT2D eigenvalue weighted by Gasteiger charge is 2.24. The molecule has 0 atom stereocenters. The lowest BCUT2D eigenvalue weighted by Crippen LogP contribution is -2.03. The van der Waals surface area contributed by atoms with Gasteiger partial charge in [0.25, 0.3) is 0 Å². The molecule has 9 rings (SSSR count). The van der Waals surface area contributed by atoms with E-state index in [4.69, 9.17) is 9.97 Å². The molecule has 37 heavy (non-hydrogen) atoms. The highest BCUT2D eigenvalue weighted by molar-refractivity contribution is 6.35. The molecule has 0 aliphatic heterocycles. The van der Waals surface area contributed by atoms with Crippen molar-refractivity contribution in [3.05, 3.63) is 103 Å². The molecule has 0 fully saturated rings. The fraction of sp³-hybridized carbons (Fsp3) is 0.0312. The number of nitrogens with zero attached hydrogens (tertiary/aromatic N) is 5. The summed E-state index contributed by atoms with van der Waals surface area (Å²) in [5.74, 6) is 0.672. The molecule has 4 aromatic carbocycles. The number of rotatable bonds is 1. The quantitative estimate of drug-likeness (QED) is 0.247. The van der Waals surface area contributed by atoms with E-state index in [2.05, 4.69) is 92.8 Å². The van der Waals surface area contributed by atoms with Gasteiger partial charge in [-0.05, 0) is 43.3 Å². The first-order valence-corrected chi connectivity index (χ1v) is 12.5. The standard InChI is InChI=1S/C32H19N5/c1-18-30-23(12-8-16-33-30)35-32(34-18)37-26-15-7-3-10-20(26)28-27(37)17-22-19-9-2-5-13-24(19)36-25-14-6-4-11-21(25)29(28)31(22)36/h2-17H,1H3. The second-order valence-corrected chi connectivity index (χ2v) is 9.74. The zero-order valence-electron chi connectivity index (χ0n) is 20.0. The van der Waals surface area contributed by atoms with Crippen molar-refractivity contribution in [1.82, 2.24) is 23.9 Å². The molecule has 0 N–H and O–H groups in total. The van der Waals surface area contributed by atoms with Crippen molar-refractivity contribution in [3.63, 3.8) is 0 Å². The highest BCUT2D eigenvalue weighted by atomic mass is 15.2. The summed E-state index contributed by atoms with van der Waals surface area (Å²) in [4.78, 5) is 14.5. The van der Waals surface area contributed by atoms with E-state index in [-0.39, 0.29) is 0 Å². The Morgan fingerprint density at radius 3 is 2.08 bits per heavy atom. The summed E-state index contributed by atoms with van der Waals surface area (Å²) in [6.45, 7) is 2.01. The molecular formula is C32H19N5. The Morgan fingerprint density at radius 2 is 1.27 bits per heavy atom. The normalized spacial score (nSPS) is 12.5. The van der Waals surface area contributed by atoms with Gasteiger partial charge in [0.1, 0.15) is 5.52 Å². The zero-order chi connectivity index (χ0) is 24.2. The Kier molecular flexibility index (Phi) is 3.42. The predicted molar refractivity (Wildman–Crippen MR) is 151 cm³/mol. The molecule has 5 nitrogen and oxygen atoms in total. The van der Waals surface area contributed by atoms with E-state index < -0.39 is 0 Å². The molecular weight excluding hydrogens is 454 g/mol. The van der Waals surface area contributed by atoms with E-state index in [0.29, 0.717) is 5.95 Å². The number of benzene rings is 4. The molecule has 9 aromatic rings. The van der Waals surface area contributed by atoms with Crippen LogP contribution >= 0.6 is 0 Å². The van der Waals surface area contributed by atoms with Gasteiger partial charge in [-0.15, -0.1) is 0 Å². The van der Waals surface area contributed by atoms with Gasteiger partial charge in [-0.1, -0.05) is 54.6 Å². The topological polar surface area (TPSA) is 48.0 Å². The summed E-state index contributed by atoms with van der Waals surface area (Å²) in [6.07, 6.45) is 1.80. The van der Waals surface area contributed by atoms with Gasteiger partial charge in [-0.25, -0.2) is 9.97 Å². The maximum atomic E-state index is 5.01. The Bertz CT molecular complexity index is 2370. The highest BCUT2D eigenvalue weighted by Crippen LogP contribution is 2.46. The molecule has 0 aliphatic rings. The molecule has 0 bridgehead atoms. The molecule has 0 unspecified atom stereocenters. The van der Waals surface area contributed by atoms with Crippen LogP contribution in [-0.2, 0) is 0 Å². The van der Waals surface area contributed by atoms with Gasteiger partial charge >= 0.3 is 0 Å². The minimum absolute atomic E-state index is 0.672. The summed E-state index contributed by atoms with van der Waals surface area (Å²) in [5.41, 5.74) is 8.52. The fourth-order valence-corrected chi connectivity index (χ4v) is 6.38. The van der Waals surface area contributed by atoms with Gasteiger partial charge in [0.05, 0.1) is 38.8 Å². The van der Waals surface area contributed by atoms with Crippen LogP contribution < -0.4 is 0 Å². The molecule has 0 amide bonds. The van der Waals surface area contributed by atoms with Crippen LogP contribution in [0.1, 0.15) is 5.69 Å². The molecule has 0 saturated carbocycles. The number of fused-ring (bicyclic) bond motifs is 11. The van der Waals surface area contributed by atoms with E-state index >= 15 is 0 Å². The number of hydrogen-bond donors (Lipinski definition) is 0. The van der Waals surface area contributed by atoms with Gasteiger partial charge in [0.2, 0.25) is 5.95 Å². The van der Waals surface area contributed by atoms with E-state index in [1.54, 1.807) is 6.20 Å². The molecule has 0 radical (unpaired) electrons. The van der Waals surface area contributed by atoms with Crippen LogP contribution in [0.3, 0.4) is 0 Å². The Balaban J connectivity index is 1.59. The van der Waals surface area contributed by atoms with Crippen LogP contribution in [0, 0.1) is 6.92 Å². The Hall–Kier alpha value is -5.03.